The molecule has 1 aromatic heterocycles. The fourth-order valence-electron chi connectivity index (χ4n) is 3.04. The molecule has 0 radical (unpaired) electrons. The topological polar surface area (TPSA) is 73.2 Å². The van der Waals surface area contributed by atoms with Crippen LogP contribution in [0.3, 0.4) is 0 Å². The lowest BCUT2D eigenvalue weighted by Gasteiger charge is -2.11. The van der Waals surface area contributed by atoms with E-state index >= 15 is 0 Å². The smallest absolute Gasteiger partial charge is 0.224 e. The van der Waals surface area contributed by atoms with Crippen LogP contribution in [0.4, 0.5) is 0 Å². The summed E-state index contributed by atoms with van der Waals surface area (Å²) >= 11 is 0. The van der Waals surface area contributed by atoms with E-state index in [0.717, 1.165) is 24.0 Å². The first-order chi connectivity index (χ1) is 13.1. The van der Waals surface area contributed by atoms with Gasteiger partial charge in [-0.3, -0.25) is 9.59 Å². The van der Waals surface area contributed by atoms with Crippen molar-refractivity contribution in [1.29, 1.82) is 0 Å². The molecule has 140 valence electrons. The van der Waals surface area contributed by atoms with Crippen LogP contribution in [0.15, 0.2) is 48.8 Å². The van der Waals surface area contributed by atoms with E-state index in [4.69, 9.17) is 4.74 Å². The summed E-state index contributed by atoms with van der Waals surface area (Å²) in [5, 5.41) is 2.93. The molecule has 6 nitrogen and oxygen atoms in total. The lowest BCUT2D eigenvalue weighted by molar-refractivity contribution is -0.120. The van der Waals surface area contributed by atoms with E-state index in [-0.39, 0.29) is 18.1 Å². The molecule has 3 aromatic rings. The summed E-state index contributed by atoms with van der Waals surface area (Å²) in [6.45, 7) is 2.86. The minimum absolute atomic E-state index is 0.0353. The van der Waals surface area contributed by atoms with Crippen LogP contribution in [0.5, 0.6) is 5.75 Å². The van der Waals surface area contributed by atoms with Crippen LogP contribution in [0.1, 0.15) is 29.3 Å². The van der Waals surface area contributed by atoms with Gasteiger partial charge in [-0.15, -0.1) is 0 Å². The number of imidazole rings is 1. The van der Waals surface area contributed by atoms with E-state index in [1.807, 2.05) is 30.6 Å². The Morgan fingerprint density at radius 2 is 2.00 bits per heavy atom. The zero-order valence-corrected chi connectivity index (χ0v) is 15.6. The fraction of sp³-hybridized carbons (Fsp3) is 0.286. The molecule has 2 aromatic carbocycles. The Bertz CT molecular complexity index is 962. The van der Waals surface area contributed by atoms with Gasteiger partial charge in [0.25, 0.3) is 0 Å². The Labute approximate surface area is 158 Å². The average molecular weight is 365 g/mol. The zero-order valence-electron chi connectivity index (χ0n) is 15.6. The van der Waals surface area contributed by atoms with Crippen molar-refractivity contribution in [3.63, 3.8) is 0 Å². The molecule has 0 fully saturated rings. The number of ether oxygens (including phenoxy) is 1. The highest BCUT2D eigenvalue weighted by Crippen LogP contribution is 2.21. The van der Waals surface area contributed by atoms with Crippen molar-refractivity contribution in [2.75, 3.05) is 13.7 Å². The number of ketones is 1. The number of Topliss-reactive ketones (excluding diaryl/α,β-unsaturated/α-hetero) is 1. The number of benzene rings is 2. The molecule has 1 amide bonds. The van der Waals surface area contributed by atoms with E-state index < -0.39 is 0 Å². The fourth-order valence-corrected chi connectivity index (χ4v) is 3.04. The highest BCUT2D eigenvalue weighted by atomic mass is 16.5. The van der Waals surface area contributed by atoms with Gasteiger partial charge in [0.2, 0.25) is 5.91 Å². The highest BCUT2D eigenvalue weighted by molar-refractivity contribution is 5.94. The summed E-state index contributed by atoms with van der Waals surface area (Å²) in [6.07, 6.45) is 2.81. The molecule has 1 heterocycles. The molecule has 1 N–H and O–H groups in total. The van der Waals surface area contributed by atoms with E-state index in [1.54, 1.807) is 25.3 Å². The van der Waals surface area contributed by atoms with Gasteiger partial charge in [-0.1, -0.05) is 12.1 Å². The molecule has 0 spiro atoms. The third kappa shape index (κ3) is 4.53. The minimum atomic E-state index is -0.0931. The maximum absolute atomic E-state index is 12.3. The Hall–Kier alpha value is -3.15. The normalized spacial score (nSPS) is 10.7. The molecular weight excluding hydrogens is 342 g/mol. The van der Waals surface area contributed by atoms with Gasteiger partial charge >= 0.3 is 0 Å². The van der Waals surface area contributed by atoms with Gasteiger partial charge < -0.3 is 14.6 Å². The van der Waals surface area contributed by atoms with E-state index in [9.17, 15) is 9.59 Å². The van der Waals surface area contributed by atoms with Crippen molar-refractivity contribution in [1.82, 2.24) is 14.9 Å². The van der Waals surface area contributed by atoms with E-state index in [0.29, 0.717) is 23.4 Å². The van der Waals surface area contributed by atoms with Crippen molar-refractivity contribution in [3.8, 4) is 5.75 Å². The SMILES string of the molecule is COc1ccc(C(C)=O)cc1CC(=O)NCCCn1cnc2ccccc21. The number of fused-ring (bicyclic) bond motifs is 1. The van der Waals surface area contributed by atoms with Gasteiger partial charge in [0.1, 0.15) is 5.75 Å². The number of carbonyl (C=O) groups is 2. The summed E-state index contributed by atoms with van der Waals surface area (Å²) in [5.74, 6) is 0.483. The number of aryl methyl sites for hydroxylation is 1. The predicted molar refractivity (Wildman–Crippen MR) is 104 cm³/mol. The van der Waals surface area contributed by atoms with Gasteiger partial charge in [-0.25, -0.2) is 4.98 Å². The molecular formula is C21H23N3O3. The molecule has 0 aliphatic carbocycles. The third-order valence-electron chi connectivity index (χ3n) is 4.46. The maximum Gasteiger partial charge on any atom is 0.224 e. The van der Waals surface area contributed by atoms with Crippen LogP contribution in [-0.2, 0) is 17.8 Å². The molecule has 0 aliphatic rings. The van der Waals surface area contributed by atoms with Gasteiger partial charge in [0.05, 0.1) is 30.9 Å². The Morgan fingerprint density at radius 1 is 1.19 bits per heavy atom. The molecule has 0 saturated heterocycles. The molecule has 6 heteroatoms. The lowest BCUT2D eigenvalue weighted by Crippen LogP contribution is -2.27. The van der Waals surface area contributed by atoms with Gasteiger partial charge in [-0.05, 0) is 43.7 Å². The zero-order chi connectivity index (χ0) is 19.2. The van der Waals surface area contributed by atoms with Gasteiger partial charge in [0, 0.05) is 24.2 Å². The Morgan fingerprint density at radius 3 is 2.78 bits per heavy atom. The van der Waals surface area contributed by atoms with Crippen LogP contribution in [-0.4, -0.2) is 34.9 Å². The Kier molecular flexibility index (Phi) is 5.86. The molecule has 0 saturated carbocycles. The van der Waals surface area contributed by atoms with Crippen LogP contribution >= 0.6 is 0 Å². The monoisotopic (exact) mass is 365 g/mol. The molecule has 0 aliphatic heterocycles. The lowest BCUT2D eigenvalue weighted by atomic mass is 10.0. The summed E-state index contributed by atoms with van der Waals surface area (Å²) < 4.78 is 7.38. The number of para-hydroxylation sites is 2. The Balaban J connectivity index is 1.53. The molecule has 0 bridgehead atoms. The molecule has 0 atom stereocenters. The van der Waals surface area contributed by atoms with E-state index in [1.165, 1.54) is 6.92 Å². The number of nitrogens with zero attached hydrogens (tertiary/aromatic N) is 2. The van der Waals surface area contributed by atoms with Crippen LogP contribution in [0.2, 0.25) is 0 Å². The molecule has 0 unspecified atom stereocenters. The minimum Gasteiger partial charge on any atom is -0.496 e. The van der Waals surface area contributed by atoms with Crippen LogP contribution < -0.4 is 10.1 Å². The first-order valence-electron chi connectivity index (χ1n) is 8.93. The maximum atomic E-state index is 12.3. The number of aromatic nitrogens is 2. The second-order valence-corrected chi connectivity index (χ2v) is 6.39. The summed E-state index contributed by atoms with van der Waals surface area (Å²) in [5.41, 5.74) is 3.35. The summed E-state index contributed by atoms with van der Waals surface area (Å²) in [4.78, 5) is 28.2. The van der Waals surface area contributed by atoms with E-state index in [2.05, 4.69) is 14.9 Å². The van der Waals surface area contributed by atoms with Gasteiger partial charge in [-0.2, -0.15) is 0 Å². The number of amides is 1. The number of nitrogens with one attached hydrogen (secondary N) is 1. The molecule has 27 heavy (non-hydrogen) atoms. The summed E-state index contributed by atoms with van der Waals surface area (Å²) in [6, 6.07) is 13.1. The third-order valence-corrected chi connectivity index (χ3v) is 4.46. The first-order valence-corrected chi connectivity index (χ1v) is 8.93. The predicted octanol–water partition coefficient (Wildman–Crippen LogP) is 3.00. The number of carbonyl (C=O) groups excluding carboxylic acids is 2. The van der Waals surface area contributed by atoms with Crippen LogP contribution in [0.25, 0.3) is 11.0 Å². The second kappa shape index (κ2) is 8.49. The standard InChI is InChI=1S/C21H23N3O3/c1-15(25)16-8-9-20(27-2)17(12-16)13-21(26)22-10-5-11-24-14-23-18-6-3-4-7-19(18)24/h3-4,6-9,12,14H,5,10-11,13H2,1-2H3,(H,22,26). The number of methoxy groups -OCH3 is 1. The average Bonchev–Trinajstić information content (AvgIpc) is 3.08. The first kappa shape index (κ1) is 18.6. The highest BCUT2D eigenvalue weighted by Gasteiger charge is 2.11. The van der Waals surface area contributed by atoms with Crippen molar-refractivity contribution in [2.24, 2.45) is 0 Å². The van der Waals surface area contributed by atoms with Crippen molar-refractivity contribution < 1.29 is 14.3 Å². The quantitative estimate of drug-likeness (QED) is 0.492. The largest absolute Gasteiger partial charge is 0.496 e. The number of hydrogen-bond acceptors (Lipinski definition) is 4. The van der Waals surface area contributed by atoms with Gasteiger partial charge in [0.15, 0.2) is 5.78 Å². The second-order valence-electron chi connectivity index (χ2n) is 6.39. The van der Waals surface area contributed by atoms with Crippen molar-refractivity contribution in [2.45, 2.75) is 26.3 Å². The number of hydrogen-bond donors (Lipinski definition) is 1. The summed E-state index contributed by atoms with van der Waals surface area (Å²) in [7, 11) is 1.56. The van der Waals surface area contributed by atoms with Crippen molar-refractivity contribution in [3.05, 3.63) is 59.9 Å². The van der Waals surface area contributed by atoms with Crippen LogP contribution in [0, 0.1) is 0 Å². The molecule has 3 rings (SSSR count). The number of rotatable bonds is 8. The van der Waals surface area contributed by atoms with Crippen molar-refractivity contribution >= 4 is 22.7 Å².